The molecule has 0 radical (unpaired) electrons. The Morgan fingerprint density at radius 1 is 1.00 bits per heavy atom. The number of pyridine rings is 1. The molecule has 0 fully saturated rings. The van der Waals surface area contributed by atoms with E-state index in [2.05, 4.69) is 53.7 Å². The number of rotatable bonds is 4. The highest BCUT2D eigenvalue weighted by Gasteiger charge is 2.26. The van der Waals surface area contributed by atoms with E-state index in [0.717, 1.165) is 29.4 Å². The van der Waals surface area contributed by atoms with Crippen LogP contribution < -0.4 is 0 Å². The molecule has 1 heterocycles. The van der Waals surface area contributed by atoms with Crippen LogP contribution in [0.4, 0.5) is 0 Å². The third-order valence-electron chi connectivity index (χ3n) is 4.98. The molecule has 0 saturated heterocycles. The van der Waals surface area contributed by atoms with Crippen molar-refractivity contribution in [1.82, 2.24) is 4.98 Å². The van der Waals surface area contributed by atoms with Crippen LogP contribution in [0.1, 0.15) is 65.6 Å². The van der Waals surface area contributed by atoms with Crippen LogP contribution in [-0.2, 0) is 10.8 Å². The van der Waals surface area contributed by atoms with E-state index in [1.54, 1.807) is 0 Å². The lowest BCUT2D eigenvalue weighted by Crippen LogP contribution is -2.19. The number of fused-ring (bicyclic) bond motifs is 1. The summed E-state index contributed by atoms with van der Waals surface area (Å²) in [7, 11) is 0. The van der Waals surface area contributed by atoms with E-state index in [4.69, 9.17) is 4.98 Å². The Morgan fingerprint density at radius 2 is 1.62 bits per heavy atom. The molecule has 114 valence electrons. The van der Waals surface area contributed by atoms with Crippen molar-refractivity contribution >= 4 is 10.9 Å². The van der Waals surface area contributed by atoms with E-state index in [1.165, 1.54) is 5.56 Å². The molecular formula is C19H27NO. The van der Waals surface area contributed by atoms with Crippen molar-refractivity contribution in [2.45, 2.75) is 65.2 Å². The Kier molecular flexibility index (Phi) is 4.01. The van der Waals surface area contributed by atoms with Gasteiger partial charge in [-0.1, -0.05) is 53.7 Å². The Morgan fingerprint density at radius 3 is 2.19 bits per heavy atom. The van der Waals surface area contributed by atoms with Crippen LogP contribution in [0.15, 0.2) is 24.3 Å². The minimum absolute atomic E-state index is 0.0788. The molecule has 0 spiro atoms. The molecule has 2 rings (SSSR count). The van der Waals surface area contributed by atoms with E-state index < -0.39 is 0 Å². The van der Waals surface area contributed by atoms with Gasteiger partial charge in [0.05, 0.1) is 11.2 Å². The third-order valence-corrected chi connectivity index (χ3v) is 4.98. The van der Waals surface area contributed by atoms with Crippen molar-refractivity contribution in [2.75, 3.05) is 0 Å². The van der Waals surface area contributed by atoms with E-state index >= 15 is 0 Å². The molecule has 0 aliphatic heterocycles. The standard InChI is InChI=1S/C19H27NO/c1-7-18(3,4)14-10-9-11-15-13(14)12-16(21)17(20-15)19(5,6)8-2/h9-12,21H,7-8H2,1-6H3. The van der Waals surface area contributed by atoms with Gasteiger partial charge in [0.15, 0.2) is 0 Å². The van der Waals surface area contributed by atoms with E-state index in [1.807, 2.05) is 12.1 Å². The highest BCUT2D eigenvalue weighted by atomic mass is 16.3. The van der Waals surface area contributed by atoms with Gasteiger partial charge in [-0.05, 0) is 36.0 Å². The molecule has 0 unspecified atom stereocenters. The van der Waals surface area contributed by atoms with Crippen LogP contribution in [0.25, 0.3) is 10.9 Å². The topological polar surface area (TPSA) is 33.1 Å². The highest BCUT2D eigenvalue weighted by molar-refractivity contribution is 5.85. The third kappa shape index (κ3) is 2.76. The molecule has 2 aromatic rings. The predicted octanol–water partition coefficient (Wildman–Crippen LogP) is 5.32. The van der Waals surface area contributed by atoms with Crippen molar-refractivity contribution < 1.29 is 5.11 Å². The van der Waals surface area contributed by atoms with E-state index in [-0.39, 0.29) is 10.8 Å². The fourth-order valence-electron chi connectivity index (χ4n) is 2.63. The van der Waals surface area contributed by atoms with Crippen molar-refractivity contribution in [1.29, 1.82) is 0 Å². The Bertz CT molecular complexity index is 656. The van der Waals surface area contributed by atoms with Gasteiger partial charge in [-0.15, -0.1) is 0 Å². The first-order chi connectivity index (χ1) is 9.73. The summed E-state index contributed by atoms with van der Waals surface area (Å²) >= 11 is 0. The monoisotopic (exact) mass is 285 g/mol. The summed E-state index contributed by atoms with van der Waals surface area (Å²) in [6.07, 6.45) is 1.99. The summed E-state index contributed by atoms with van der Waals surface area (Å²) in [5.74, 6) is 0.314. The zero-order valence-corrected chi connectivity index (χ0v) is 14.1. The van der Waals surface area contributed by atoms with Crippen molar-refractivity contribution in [3.8, 4) is 5.75 Å². The summed E-state index contributed by atoms with van der Waals surface area (Å²) in [6, 6.07) is 8.17. The number of nitrogens with zero attached hydrogens (tertiary/aromatic N) is 1. The van der Waals surface area contributed by atoms with Gasteiger partial charge in [0.25, 0.3) is 0 Å². The van der Waals surface area contributed by atoms with Crippen LogP contribution in [0.3, 0.4) is 0 Å². The largest absolute Gasteiger partial charge is 0.506 e. The van der Waals surface area contributed by atoms with Crippen LogP contribution >= 0.6 is 0 Å². The molecular weight excluding hydrogens is 258 g/mol. The van der Waals surface area contributed by atoms with Crippen molar-refractivity contribution in [3.63, 3.8) is 0 Å². The number of aromatic hydroxyl groups is 1. The first-order valence-electron chi connectivity index (χ1n) is 7.86. The maximum absolute atomic E-state index is 10.5. The molecule has 21 heavy (non-hydrogen) atoms. The van der Waals surface area contributed by atoms with Crippen molar-refractivity contribution in [3.05, 3.63) is 35.5 Å². The highest BCUT2D eigenvalue weighted by Crippen LogP contribution is 2.38. The second-order valence-corrected chi connectivity index (χ2v) is 7.20. The lowest BCUT2D eigenvalue weighted by molar-refractivity contribution is 0.419. The normalized spacial score (nSPS) is 12.9. The number of hydrogen-bond acceptors (Lipinski definition) is 2. The lowest BCUT2D eigenvalue weighted by atomic mass is 9.79. The van der Waals surface area contributed by atoms with Gasteiger partial charge >= 0.3 is 0 Å². The predicted molar refractivity (Wildman–Crippen MR) is 90.0 cm³/mol. The molecule has 0 aliphatic carbocycles. The minimum atomic E-state index is -0.117. The molecule has 1 aromatic carbocycles. The molecule has 2 nitrogen and oxygen atoms in total. The van der Waals surface area contributed by atoms with Gasteiger partial charge in [-0.3, -0.25) is 0 Å². The van der Waals surface area contributed by atoms with Crippen LogP contribution in [-0.4, -0.2) is 10.1 Å². The van der Waals surface area contributed by atoms with E-state index in [0.29, 0.717) is 5.75 Å². The molecule has 1 N–H and O–H groups in total. The van der Waals surface area contributed by atoms with Gasteiger partial charge in [0, 0.05) is 10.8 Å². The summed E-state index contributed by atoms with van der Waals surface area (Å²) in [5, 5.41) is 11.5. The van der Waals surface area contributed by atoms with Gasteiger partial charge < -0.3 is 5.11 Å². The zero-order chi connectivity index (χ0) is 15.8. The van der Waals surface area contributed by atoms with Crippen molar-refractivity contribution in [2.24, 2.45) is 0 Å². The average molecular weight is 285 g/mol. The maximum atomic E-state index is 10.5. The first-order valence-corrected chi connectivity index (χ1v) is 7.86. The Hall–Kier alpha value is -1.57. The summed E-state index contributed by atoms with van der Waals surface area (Å²) in [6.45, 7) is 13.1. The van der Waals surface area contributed by atoms with Gasteiger partial charge in [0.1, 0.15) is 5.75 Å². The van der Waals surface area contributed by atoms with Gasteiger partial charge in [-0.2, -0.15) is 0 Å². The second-order valence-electron chi connectivity index (χ2n) is 7.20. The molecule has 0 amide bonds. The molecule has 1 aromatic heterocycles. The van der Waals surface area contributed by atoms with Crippen LogP contribution in [0.5, 0.6) is 5.75 Å². The van der Waals surface area contributed by atoms with Crippen LogP contribution in [0, 0.1) is 0 Å². The second kappa shape index (κ2) is 5.32. The molecule has 2 heteroatoms. The Balaban J connectivity index is 2.73. The summed E-state index contributed by atoms with van der Waals surface area (Å²) < 4.78 is 0. The zero-order valence-electron chi connectivity index (χ0n) is 14.1. The molecule has 0 bridgehead atoms. The number of aromatic nitrogens is 1. The molecule has 0 atom stereocenters. The molecule has 0 saturated carbocycles. The lowest BCUT2D eigenvalue weighted by Gasteiger charge is -2.27. The fourth-order valence-corrected chi connectivity index (χ4v) is 2.63. The van der Waals surface area contributed by atoms with Gasteiger partial charge in [-0.25, -0.2) is 4.98 Å². The van der Waals surface area contributed by atoms with E-state index in [9.17, 15) is 5.11 Å². The number of benzene rings is 1. The quantitative estimate of drug-likeness (QED) is 0.825. The molecule has 0 aliphatic rings. The Labute approximate surface area is 128 Å². The van der Waals surface area contributed by atoms with Gasteiger partial charge in [0.2, 0.25) is 0 Å². The average Bonchev–Trinajstić information content (AvgIpc) is 2.45. The number of hydrogen-bond donors (Lipinski definition) is 1. The maximum Gasteiger partial charge on any atom is 0.138 e. The summed E-state index contributed by atoms with van der Waals surface area (Å²) in [5.41, 5.74) is 2.99. The SMILES string of the molecule is CCC(C)(C)c1nc2cccc(C(C)(C)CC)c2cc1O. The summed E-state index contributed by atoms with van der Waals surface area (Å²) in [4.78, 5) is 4.78. The smallest absolute Gasteiger partial charge is 0.138 e. The van der Waals surface area contributed by atoms with Crippen LogP contribution in [0.2, 0.25) is 0 Å². The fraction of sp³-hybridized carbons (Fsp3) is 0.526. The minimum Gasteiger partial charge on any atom is -0.506 e. The first kappa shape index (κ1) is 15.8.